The predicted octanol–water partition coefficient (Wildman–Crippen LogP) is 1.36. The van der Waals surface area contributed by atoms with Gasteiger partial charge >= 0.3 is 11.9 Å². The fraction of sp³-hybridized carbons (Fsp3) is 0.167. The normalized spacial score (nSPS) is 10.2. The molecule has 0 heterocycles. The average molecular weight is 236 g/mol. The summed E-state index contributed by atoms with van der Waals surface area (Å²) in [5.41, 5.74) is 0.619. The SMILES string of the molecule is COC(=O)/C=C/c1ccc(O)c(C(=O)OC)c1. The summed E-state index contributed by atoms with van der Waals surface area (Å²) in [6.07, 6.45) is 2.69. The van der Waals surface area contributed by atoms with E-state index in [4.69, 9.17) is 0 Å². The van der Waals surface area contributed by atoms with E-state index in [1.165, 1.54) is 38.5 Å². The summed E-state index contributed by atoms with van der Waals surface area (Å²) in [7, 11) is 2.49. The lowest BCUT2D eigenvalue weighted by atomic mass is 10.1. The van der Waals surface area contributed by atoms with E-state index >= 15 is 0 Å². The minimum atomic E-state index is -0.643. The van der Waals surface area contributed by atoms with Gasteiger partial charge in [-0.25, -0.2) is 9.59 Å². The van der Waals surface area contributed by atoms with Crippen molar-refractivity contribution in [3.05, 3.63) is 35.4 Å². The second kappa shape index (κ2) is 5.69. The second-order valence-electron chi connectivity index (χ2n) is 3.12. The Balaban J connectivity index is 3.00. The summed E-state index contributed by atoms with van der Waals surface area (Å²) < 4.78 is 8.93. The predicted molar refractivity (Wildman–Crippen MR) is 60.5 cm³/mol. The number of ether oxygens (including phenoxy) is 2. The molecular formula is C12H12O5. The van der Waals surface area contributed by atoms with Gasteiger partial charge in [-0.15, -0.1) is 0 Å². The molecule has 0 aliphatic carbocycles. The van der Waals surface area contributed by atoms with E-state index in [2.05, 4.69) is 9.47 Å². The van der Waals surface area contributed by atoms with Crippen molar-refractivity contribution in [1.29, 1.82) is 0 Å². The summed E-state index contributed by atoms with van der Waals surface area (Å²) in [4.78, 5) is 22.2. The summed E-state index contributed by atoms with van der Waals surface area (Å²) in [6, 6.07) is 4.32. The van der Waals surface area contributed by atoms with E-state index in [1.54, 1.807) is 6.07 Å². The first kappa shape index (κ1) is 12.8. The number of hydrogen-bond acceptors (Lipinski definition) is 5. The maximum Gasteiger partial charge on any atom is 0.341 e. The van der Waals surface area contributed by atoms with E-state index in [1.807, 2.05) is 0 Å². The third-order valence-corrected chi connectivity index (χ3v) is 2.04. The molecule has 1 N–H and O–H groups in total. The van der Waals surface area contributed by atoms with Gasteiger partial charge in [0, 0.05) is 6.08 Å². The molecule has 0 fully saturated rings. The molecule has 0 bridgehead atoms. The molecule has 0 unspecified atom stereocenters. The van der Waals surface area contributed by atoms with Crippen LogP contribution < -0.4 is 0 Å². The Bertz CT molecular complexity index is 462. The van der Waals surface area contributed by atoms with Crippen LogP contribution in [0.1, 0.15) is 15.9 Å². The topological polar surface area (TPSA) is 72.8 Å². The van der Waals surface area contributed by atoms with Gasteiger partial charge in [0.1, 0.15) is 11.3 Å². The fourth-order valence-corrected chi connectivity index (χ4v) is 1.16. The van der Waals surface area contributed by atoms with Crippen molar-refractivity contribution in [2.75, 3.05) is 14.2 Å². The third kappa shape index (κ3) is 3.34. The first-order valence-corrected chi connectivity index (χ1v) is 4.76. The molecule has 0 saturated carbocycles. The Labute approximate surface area is 98.3 Å². The number of benzene rings is 1. The van der Waals surface area contributed by atoms with Gasteiger partial charge in [-0.1, -0.05) is 6.07 Å². The molecule has 0 radical (unpaired) electrons. The van der Waals surface area contributed by atoms with Crippen LogP contribution in [0.4, 0.5) is 0 Å². The van der Waals surface area contributed by atoms with Crippen LogP contribution in [0.2, 0.25) is 0 Å². The summed E-state index contributed by atoms with van der Waals surface area (Å²) >= 11 is 0. The van der Waals surface area contributed by atoms with Gasteiger partial charge in [0.25, 0.3) is 0 Å². The highest BCUT2D eigenvalue weighted by Crippen LogP contribution is 2.20. The lowest BCUT2D eigenvalue weighted by Gasteiger charge is -2.03. The molecule has 1 aromatic rings. The minimum absolute atomic E-state index is 0.0412. The Hall–Kier alpha value is -2.30. The van der Waals surface area contributed by atoms with E-state index in [0.717, 1.165) is 0 Å². The van der Waals surface area contributed by atoms with Crippen LogP contribution in [0, 0.1) is 0 Å². The Morgan fingerprint density at radius 1 is 1.24 bits per heavy atom. The zero-order chi connectivity index (χ0) is 12.8. The number of rotatable bonds is 3. The zero-order valence-corrected chi connectivity index (χ0v) is 9.47. The Kier molecular flexibility index (Phi) is 4.28. The average Bonchev–Trinajstić information content (AvgIpc) is 2.36. The zero-order valence-electron chi connectivity index (χ0n) is 9.47. The molecule has 1 rings (SSSR count). The van der Waals surface area contributed by atoms with E-state index in [0.29, 0.717) is 5.56 Å². The highest BCUT2D eigenvalue weighted by Gasteiger charge is 2.11. The van der Waals surface area contributed by atoms with Crippen LogP contribution >= 0.6 is 0 Å². The maximum atomic E-state index is 11.3. The summed E-state index contributed by atoms with van der Waals surface area (Å²) in [6.45, 7) is 0. The van der Waals surface area contributed by atoms with Crippen molar-refractivity contribution in [2.45, 2.75) is 0 Å². The fourth-order valence-electron chi connectivity index (χ4n) is 1.16. The van der Waals surface area contributed by atoms with Crippen LogP contribution in [0.15, 0.2) is 24.3 Å². The van der Waals surface area contributed by atoms with Crippen LogP contribution in [0.25, 0.3) is 6.08 Å². The summed E-state index contributed by atoms with van der Waals surface area (Å²) in [5, 5.41) is 9.44. The number of carbonyl (C=O) groups excluding carboxylic acids is 2. The number of phenolic OH excluding ortho intramolecular Hbond substituents is 1. The van der Waals surface area contributed by atoms with Crippen molar-refractivity contribution in [3.63, 3.8) is 0 Å². The van der Waals surface area contributed by atoms with Gasteiger partial charge in [0.2, 0.25) is 0 Å². The molecule has 0 saturated heterocycles. The Morgan fingerprint density at radius 2 is 1.94 bits per heavy atom. The smallest absolute Gasteiger partial charge is 0.341 e. The number of phenols is 1. The van der Waals surface area contributed by atoms with E-state index < -0.39 is 11.9 Å². The monoisotopic (exact) mass is 236 g/mol. The largest absolute Gasteiger partial charge is 0.507 e. The molecular weight excluding hydrogens is 224 g/mol. The van der Waals surface area contributed by atoms with Gasteiger partial charge in [-0.3, -0.25) is 0 Å². The number of methoxy groups -OCH3 is 2. The minimum Gasteiger partial charge on any atom is -0.507 e. The lowest BCUT2D eigenvalue weighted by Crippen LogP contribution is -2.01. The second-order valence-corrected chi connectivity index (χ2v) is 3.12. The van der Waals surface area contributed by atoms with Crippen molar-refractivity contribution in [1.82, 2.24) is 0 Å². The molecule has 1 aromatic carbocycles. The summed E-state index contributed by atoms with van der Waals surface area (Å²) in [5.74, 6) is -1.32. The van der Waals surface area contributed by atoms with Gasteiger partial charge in [0.15, 0.2) is 0 Å². The van der Waals surface area contributed by atoms with Crippen LogP contribution in [-0.2, 0) is 14.3 Å². The van der Waals surface area contributed by atoms with Crippen LogP contribution in [0.3, 0.4) is 0 Å². The van der Waals surface area contributed by atoms with Crippen LogP contribution in [-0.4, -0.2) is 31.3 Å². The van der Waals surface area contributed by atoms with Crippen molar-refractivity contribution in [3.8, 4) is 5.75 Å². The van der Waals surface area contributed by atoms with E-state index in [-0.39, 0.29) is 11.3 Å². The first-order valence-electron chi connectivity index (χ1n) is 4.76. The van der Waals surface area contributed by atoms with Gasteiger partial charge in [-0.2, -0.15) is 0 Å². The highest BCUT2D eigenvalue weighted by atomic mass is 16.5. The quantitative estimate of drug-likeness (QED) is 0.633. The van der Waals surface area contributed by atoms with Crippen molar-refractivity contribution >= 4 is 18.0 Å². The molecule has 5 nitrogen and oxygen atoms in total. The molecule has 0 atom stereocenters. The molecule has 0 spiro atoms. The highest BCUT2D eigenvalue weighted by molar-refractivity contribution is 5.93. The standard InChI is InChI=1S/C12H12O5/c1-16-11(14)6-4-8-3-5-10(13)9(7-8)12(15)17-2/h3-7,13H,1-2H3/b6-4+. The van der Waals surface area contributed by atoms with Gasteiger partial charge in [-0.05, 0) is 23.8 Å². The number of aromatic hydroxyl groups is 1. The molecule has 17 heavy (non-hydrogen) atoms. The lowest BCUT2D eigenvalue weighted by molar-refractivity contribution is -0.134. The third-order valence-electron chi connectivity index (χ3n) is 2.04. The molecule has 0 amide bonds. The molecule has 0 aliphatic heterocycles. The first-order chi connectivity index (χ1) is 8.08. The molecule has 0 aromatic heterocycles. The number of esters is 2. The molecule has 90 valence electrons. The number of hydrogen-bond donors (Lipinski definition) is 1. The molecule has 5 heteroatoms. The number of carbonyl (C=O) groups is 2. The van der Waals surface area contributed by atoms with Crippen molar-refractivity contribution < 1.29 is 24.2 Å². The Morgan fingerprint density at radius 3 is 2.53 bits per heavy atom. The van der Waals surface area contributed by atoms with Crippen LogP contribution in [0.5, 0.6) is 5.75 Å². The van der Waals surface area contributed by atoms with Gasteiger partial charge in [0.05, 0.1) is 14.2 Å². The maximum absolute atomic E-state index is 11.3. The van der Waals surface area contributed by atoms with Gasteiger partial charge < -0.3 is 14.6 Å². The molecule has 0 aliphatic rings. The van der Waals surface area contributed by atoms with Crippen molar-refractivity contribution in [2.24, 2.45) is 0 Å². The van der Waals surface area contributed by atoms with E-state index in [9.17, 15) is 14.7 Å².